The van der Waals surface area contributed by atoms with Crippen molar-refractivity contribution >= 4 is 11.8 Å². The fourth-order valence-corrected chi connectivity index (χ4v) is 2.31. The minimum atomic E-state index is 0.222. The molecule has 14 heavy (non-hydrogen) atoms. The normalized spacial score (nSPS) is 32.4. The van der Waals surface area contributed by atoms with Crippen molar-refractivity contribution in [3.8, 4) is 0 Å². The number of rotatable bonds is 6. The fraction of sp³-hybridized carbons (Fsp3) is 1.00. The van der Waals surface area contributed by atoms with Crippen molar-refractivity contribution in [1.29, 1.82) is 0 Å². The average Bonchev–Trinajstić information content (AvgIpc) is 2.47. The lowest BCUT2D eigenvalue weighted by molar-refractivity contribution is 0.0887. The highest BCUT2D eigenvalue weighted by molar-refractivity contribution is 7.98. The SMILES string of the molecule is CSCCCCNC1(C)CCOC1C. The smallest absolute Gasteiger partial charge is 0.0726 e. The summed E-state index contributed by atoms with van der Waals surface area (Å²) in [7, 11) is 0. The fourth-order valence-electron chi connectivity index (χ4n) is 1.81. The summed E-state index contributed by atoms with van der Waals surface area (Å²) in [5, 5.41) is 3.63. The number of unbranched alkanes of at least 4 members (excludes halogenated alkanes) is 1. The molecule has 2 nitrogen and oxygen atoms in total. The van der Waals surface area contributed by atoms with Gasteiger partial charge in [0.15, 0.2) is 0 Å². The molecular formula is C11H23NOS. The molecule has 1 N–H and O–H groups in total. The number of ether oxygens (including phenoxy) is 1. The predicted molar refractivity (Wildman–Crippen MR) is 64.1 cm³/mol. The molecule has 3 heteroatoms. The van der Waals surface area contributed by atoms with Gasteiger partial charge in [0.25, 0.3) is 0 Å². The van der Waals surface area contributed by atoms with Gasteiger partial charge in [-0.25, -0.2) is 0 Å². The van der Waals surface area contributed by atoms with Crippen LogP contribution in [0, 0.1) is 0 Å². The number of hydrogen-bond donors (Lipinski definition) is 1. The maximum absolute atomic E-state index is 5.58. The van der Waals surface area contributed by atoms with Crippen molar-refractivity contribution in [3.63, 3.8) is 0 Å². The minimum Gasteiger partial charge on any atom is -0.377 e. The zero-order valence-corrected chi connectivity index (χ0v) is 10.5. The summed E-state index contributed by atoms with van der Waals surface area (Å²) in [6.07, 6.45) is 6.28. The molecule has 2 atom stereocenters. The first-order valence-electron chi connectivity index (χ1n) is 5.54. The van der Waals surface area contributed by atoms with Crippen LogP contribution in [0.1, 0.15) is 33.1 Å². The van der Waals surface area contributed by atoms with Crippen LogP contribution in [-0.2, 0) is 4.74 Å². The maximum Gasteiger partial charge on any atom is 0.0726 e. The average molecular weight is 217 g/mol. The molecule has 84 valence electrons. The predicted octanol–water partition coefficient (Wildman–Crippen LogP) is 2.29. The van der Waals surface area contributed by atoms with Gasteiger partial charge in [0.1, 0.15) is 0 Å². The Balaban J connectivity index is 2.10. The topological polar surface area (TPSA) is 21.3 Å². The summed E-state index contributed by atoms with van der Waals surface area (Å²) in [4.78, 5) is 0. The zero-order chi connectivity index (χ0) is 10.4. The lowest BCUT2D eigenvalue weighted by atomic mass is 9.94. The van der Waals surface area contributed by atoms with E-state index in [0.29, 0.717) is 6.10 Å². The first kappa shape index (κ1) is 12.3. The molecule has 0 aromatic heterocycles. The molecule has 0 saturated carbocycles. The van der Waals surface area contributed by atoms with Crippen LogP contribution < -0.4 is 5.32 Å². The number of hydrogen-bond acceptors (Lipinski definition) is 3. The van der Waals surface area contributed by atoms with E-state index in [0.717, 1.165) is 19.6 Å². The summed E-state index contributed by atoms with van der Waals surface area (Å²) >= 11 is 1.93. The van der Waals surface area contributed by atoms with Gasteiger partial charge in [-0.2, -0.15) is 11.8 Å². The molecule has 1 heterocycles. The third kappa shape index (κ3) is 3.44. The summed E-state index contributed by atoms with van der Waals surface area (Å²) < 4.78 is 5.58. The van der Waals surface area contributed by atoms with Crippen LogP contribution in [0.3, 0.4) is 0 Å². The standard InChI is InChI=1S/C11H23NOS/c1-10-11(2,6-8-13-10)12-7-4-5-9-14-3/h10,12H,4-9H2,1-3H3. The van der Waals surface area contributed by atoms with Crippen LogP contribution in [0.4, 0.5) is 0 Å². The van der Waals surface area contributed by atoms with E-state index in [1.165, 1.54) is 18.6 Å². The van der Waals surface area contributed by atoms with Crippen molar-refractivity contribution in [2.24, 2.45) is 0 Å². The maximum atomic E-state index is 5.58. The van der Waals surface area contributed by atoms with E-state index in [-0.39, 0.29) is 5.54 Å². The molecule has 0 bridgehead atoms. The van der Waals surface area contributed by atoms with Gasteiger partial charge in [-0.05, 0) is 51.7 Å². The molecule has 0 amide bonds. The van der Waals surface area contributed by atoms with Crippen molar-refractivity contribution in [3.05, 3.63) is 0 Å². The van der Waals surface area contributed by atoms with E-state index >= 15 is 0 Å². The van der Waals surface area contributed by atoms with Gasteiger partial charge in [-0.1, -0.05) is 0 Å². The van der Waals surface area contributed by atoms with E-state index in [1.54, 1.807) is 0 Å². The summed E-state index contributed by atoms with van der Waals surface area (Å²) in [5.41, 5.74) is 0.222. The lowest BCUT2D eigenvalue weighted by Gasteiger charge is -2.29. The highest BCUT2D eigenvalue weighted by Gasteiger charge is 2.35. The Morgan fingerprint density at radius 2 is 2.29 bits per heavy atom. The van der Waals surface area contributed by atoms with Crippen LogP contribution in [0.15, 0.2) is 0 Å². The second kappa shape index (κ2) is 5.99. The van der Waals surface area contributed by atoms with Crippen molar-refractivity contribution < 1.29 is 4.74 Å². The second-order valence-electron chi connectivity index (χ2n) is 4.31. The Labute approximate surface area is 92.2 Å². The Morgan fingerprint density at radius 1 is 1.50 bits per heavy atom. The van der Waals surface area contributed by atoms with Crippen LogP contribution in [0.25, 0.3) is 0 Å². The van der Waals surface area contributed by atoms with Gasteiger partial charge < -0.3 is 10.1 Å². The van der Waals surface area contributed by atoms with Crippen molar-refractivity contribution in [1.82, 2.24) is 5.32 Å². The first-order valence-corrected chi connectivity index (χ1v) is 6.94. The van der Waals surface area contributed by atoms with Crippen molar-refractivity contribution in [2.75, 3.05) is 25.2 Å². The molecular weight excluding hydrogens is 194 g/mol. The minimum absolute atomic E-state index is 0.222. The van der Waals surface area contributed by atoms with Crippen LogP contribution in [0.2, 0.25) is 0 Å². The Kier molecular flexibility index (Phi) is 5.28. The monoisotopic (exact) mass is 217 g/mol. The lowest BCUT2D eigenvalue weighted by Crippen LogP contribution is -2.48. The van der Waals surface area contributed by atoms with E-state index < -0.39 is 0 Å². The zero-order valence-electron chi connectivity index (χ0n) is 9.64. The van der Waals surface area contributed by atoms with Crippen LogP contribution in [0.5, 0.6) is 0 Å². The Hall–Kier alpha value is 0.270. The van der Waals surface area contributed by atoms with E-state index in [1.807, 2.05) is 11.8 Å². The third-order valence-electron chi connectivity index (χ3n) is 3.19. The highest BCUT2D eigenvalue weighted by Crippen LogP contribution is 2.24. The number of nitrogens with one attached hydrogen (secondary N) is 1. The Morgan fingerprint density at radius 3 is 2.86 bits per heavy atom. The van der Waals surface area contributed by atoms with E-state index in [2.05, 4.69) is 25.4 Å². The second-order valence-corrected chi connectivity index (χ2v) is 5.29. The largest absolute Gasteiger partial charge is 0.377 e. The molecule has 0 aromatic carbocycles. The van der Waals surface area contributed by atoms with Gasteiger partial charge in [0.05, 0.1) is 6.10 Å². The number of thioether (sulfide) groups is 1. The third-order valence-corrected chi connectivity index (χ3v) is 3.89. The van der Waals surface area contributed by atoms with Gasteiger partial charge in [0, 0.05) is 12.1 Å². The van der Waals surface area contributed by atoms with Gasteiger partial charge in [0.2, 0.25) is 0 Å². The summed E-state index contributed by atoms with van der Waals surface area (Å²) in [6.45, 7) is 6.49. The van der Waals surface area contributed by atoms with Crippen molar-refractivity contribution in [2.45, 2.75) is 44.8 Å². The van der Waals surface area contributed by atoms with Crippen LogP contribution >= 0.6 is 11.8 Å². The molecule has 0 radical (unpaired) electrons. The van der Waals surface area contributed by atoms with Gasteiger partial charge in [-0.15, -0.1) is 0 Å². The molecule has 0 spiro atoms. The van der Waals surface area contributed by atoms with Gasteiger partial charge >= 0.3 is 0 Å². The molecule has 1 saturated heterocycles. The first-order chi connectivity index (χ1) is 6.69. The summed E-state index contributed by atoms with van der Waals surface area (Å²) in [6, 6.07) is 0. The van der Waals surface area contributed by atoms with E-state index in [4.69, 9.17) is 4.74 Å². The van der Waals surface area contributed by atoms with Crippen LogP contribution in [-0.4, -0.2) is 36.8 Å². The van der Waals surface area contributed by atoms with E-state index in [9.17, 15) is 0 Å². The molecule has 1 aliphatic rings. The molecule has 0 aliphatic carbocycles. The molecule has 1 aliphatic heterocycles. The Bertz CT molecular complexity index is 165. The molecule has 0 aromatic rings. The summed E-state index contributed by atoms with van der Waals surface area (Å²) in [5.74, 6) is 1.28. The molecule has 2 unspecified atom stereocenters. The quantitative estimate of drug-likeness (QED) is 0.690. The molecule has 1 fully saturated rings. The van der Waals surface area contributed by atoms with Gasteiger partial charge in [-0.3, -0.25) is 0 Å². The molecule has 1 rings (SSSR count). The highest BCUT2D eigenvalue weighted by atomic mass is 32.2.